The monoisotopic (exact) mass is 307 g/mol. The van der Waals surface area contributed by atoms with E-state index < -0.39 is 17.9 Å². The molecule has 2 N–H and O–H groups in total. The number of hydrogen-bond donors (Lipinski definition) is 2. The maximum atomic E-state index is 12.2. The number of carbonyl (C=O) groups excluding carboxylic acids is 1. The molecule has 0 radical (unpaired) electrons. The first kappa shape index (κ1) is 15.1. The first-order valence-electron chi connectivity index (χ1n) is 6.24. The third kappa shape index (κ3) is 3.61. The number of carboxylic acids is 1. The van der Waals surface area contributed by atoms with Crippen LogP contribution in [0.4, 0.5) is 0 Å². The Labute approximate surface area is 126 Å². The summed E-state index contributed by atoms with van der Waals surface area (Å²) >= 11 is 6.08. The van der Waals surface area contributed by atoms with Crippen LogP contribution in [0.25, 0.3) is 0 Å². The lowest BCUT2D eigenvalue weighted by atomic mass is 10.0. The lowest BCUT2D eigenvalue weighted by Crippen LogP contribution is -2.31. The van der Waals surface area contributed by atoms with Crippen LogP contribution in [0.5, 0.6) is 0 Å². The fraction of sp³-hybridized carbons (Fsp3) is 0.214. The van der Waals surface area contributed by atoms with Crippen LogP contribution in [0.3, 0.4) is 0 Å². The molecule has 1 heterocycles. The van der Waals surface area contributed by atoms with Crippen molar-refractivity contribution in [2.45, 2.75) is 12.5 Å². The molecule has 2 rings (SSSR count). The van der Waals surface area contributed by atoms with Crippen LogP contribution < -0.4 is 5.32 Å². The van der Waals surface area contributed by atoms with E-state index in [0.717, 1.165) is 0 Å². The second kappa shape index (κ2) is 6.41. The van der Waals surface area contributed by atoms with Crippen LogP contribution in [0.2, 0.25) is 5.02 Å². The quantitative estimate of drug-likeness (QED) is 0.885. The number of amides is 1. The van der Waals surface area contributed by atoms with Gasteiger partial charge in [0, 0.05) is 18.3 Å². The zero-order chi connectivity index (χ0) is 15.4. The van der Waals surface area contributed by atoms with Crippen molar-refractivity contribution in [1.29, 1.82) is 0 Å². The molecular weight excluding hydrogens is 294 g/mol. The number of benzene rings is 1. The highest BCUT2D eigenvalue weighted by Crippen LogP contribution is 2.25. The van der Waals surface area contributed by atoms with Crippen LogP contribution in [0.15, 0.2) is 36.5 Å². The number of carbonyl (C=O) groups is 2. The third-order valence-corrected chi connectivity index (χ3v) is 3.36. The maximum Gasteiger partial charge on any atom is 0.305 e. The van der Waals surface area contributed by atoms with Crippen LogP contribution >= 0.6 is 11.6 Å². The molecule has 0 spiro atoms. The summed E-state index contributed by atoms with van der Waals surface area (Å²) in [5.74, 6) is -1.42. The van der Waals surface area contributed by atoms with E-state index in [-0.39, 0.29) is 6.42 Å². The van der Waals surface area contributed by atoms with Crippen molar-refractivity contribution < 1.29 is 14.7 Å². The second-order valence-electron chi connectivity index (χ2n) is 4.49. The van der Waals surface area contributed by atoms with Crippen molar-refractivity contribution in [2.24, 2.45) is 7.05 Å². The van der Waals surface area contributed by atoms with Gasteiger partial charge in [-0.15, -0.1) is 0 Å². The Hall–Kier alpha value is -2.34. The number of rotatable bonds is 5. The summed E-state index contributed by atoms with van der Waals surface area (Å²) in [6.45, 7) is 0. The van der Waals surface area contributed by atoms with Crippen molar-refractivity contribution in [2.75, 3.05) is 0 Å². The van der Waals surface area contributed by atoms with Gasteiger partial charge in [0.2, 0.25) is 0 Å². The minimum Gasteiger partial charge on any atom is -0.481 e. The van der Waals surface area contributed by atoms with E-state index in [0.29, 0.717) is 16.3 Å². The Balaban J connectivity index is 2.25. The Morgan fingerprint density at radius 3 is 2.67 bits per heavy atom. The summed E-state index contributed by atoms with van der Waals surface area (Å²) in [6.07, 6.45) is 1.24. The fourth-order valence-corrected chi connectivity index (χ4v) is 2.27. The molecule has 7 heteroatoms. The van der Waals surface area contributed by atoms with Gasteiger partial charge in [-0.3, -0.25) is 14.3 Å². The van der Waals surface area contributed by atoms with Crippen molar-refractivity contribution >= 4 is 23.5 Å². The summed E-state index contributed by atoms with van der Waals surface area (Å²) in [4.78, 5) is 23.2. The molecule has 1 atom stereocenters. The second-order valence-corrected chi connectivity index (χ2v) is 4.89. The minimum atomic E-state index is -1.02. The van der Waals surface area contributed by atoms with Crippen molar-refractivity contribution in [3.05, 3.63) is 52.8 Å². The molecule has 0 fully saturated rings. The molecule has 0 saturated carbocycles. The van der Waals surface area contributed by atoms with Gasteiger partial charge in [0.15, 0.2) is 0 Å². The van der Waals surface area contributed by atoms with E-state index in [9.17, 15) is 9.59 Å². The van der Waals surface area contributed by atoms with E-state index in [1.54, 1.807) is 37.4 Å². The van der Waals surface area contributed by atoms with Crippen LogP contribution in [0.1, 0.15) is 28.5 Å². The number of nitrogens with one attached hydrogen (secondary N) is 1. The van der Waals surface area contributed by atoms with Crippen molar-refractivity contribution in [1.82, 2.24) is 15.1 Å². The SMILES string of the molecule is Cn1nccc1C(=O)NC(CC(=O)O)c1ccccc1Cl. The summed E-state index contributed by atoms with van der Waals surface area (Å²) < 4.78 is 1.42. The minimum absolute atomic E-state index is 0.257. The molecule has 110 valence electrons. The largest absolute Gasteiger partial charge is 0.481 e. The van der Waals surface area contributed by atoms with E-state index in [1.165, 1.54) is 10.9 Å². The Morgan fingerprint density at radius 1 is 1.38 bits per heavy atom. The van der Waals surface area contributed by atoms with Crippen molar-refractivity contribution in [3.8, 4) is 0 Å². The van der Waals surface area contributed by atoms with Gasteiger partial charge < -0.3 is 10.4 Å². The first-order valence-corrected chi connectivity index (χ1v) is 6.62. The number of carboxylic acid groups (broad SMARTS) is 1. The van der Waals surface area contributed by atoms with Gasteiger partial charge in [0.05, 0.1) is 12.5 Å². The molecule has 2 aromatic rings. The van der Waals surface area contributed by atoms with Gasteiger partial charge in [-0.1, -0.05) is 29.8 Å². The highest BCUT2D eigenvalue weighted by Gasteiger charge is 2.22. The zero-order valence-corrected chi connectivity index (χ0v) is 12.0. The normalized spacial score (nSPS) is 11.9. The standard InChI is InChI=1S/C14H14ClN3O3/c1-18-12(6-7-16-18)14(21)17-11(8-13(19)20)9-4-2-3-5-10(9)15/h2-7,11H,8H2,1H3,(H,17,21)(H,19,20). The summed E-state index contributed by atoms with van der Waals surface area (Å²) in [7, 11) is 1.64. The molecular formula is C14H14ClN3O3. The molecule has 1 unspecified atom stereocenters. The van der Waals surface area contributed by atoms with E-state index in [2.05, 4.69) is 10.4 Å². The summed E-state index contributed by atoms with van der Waals surface area (Å²) in [5.41, 5.74) is 0.912. The molecule has 0 aliphatic carbocycles. The molecule has 21 heavy (non-hydrogen) atoms. The Bertz CT molecular complexity index is 669. The van der Waals surface area contributed by atoms with E-state index in [4.69, 9.17) is 16.7 Å². The number of aromatic nitrogens is 2. The van der Waals surface area contributed by atoms with Crippen LogP contribution in [-0.2, 0) is 11.8 Å². The van der Waals surface area contributed by atoms with Gasteiger partial charge in [-0.25, -0.2) is 0 Å². The smallest absolute Gasteiger partial charge is 0.305 e. The number of aryl methyl sites for hydroxylation is 1. The lowest BCUT2D eigenvalue weighted by molar-refractivity contribution is -0.137. The maximum absolute atomic E-state index is 12.2. The highest BCUT2D eigenvalue weighted by molar-refractivity contribution is 6.31. The Kier molecular flexibility index (Phi) is 4.59. The number of hydrogen-bond acceptors (Lipinski definition) is 3. The van der Waals surface area contributed by atoms with Gasteiger partial charge in [-0.2, -0.15) is 5.10 Å². The summed E-state index contributed by atoms with van der Waals surface area (Å²) in [5, 5.41) is 16.0. The predicted octanol–water partition coefficient (Wildman–Crippen LogP) is 2.02. The van der Waals surface area contributed by atoms with E-state index in [1.807, 2.05) is 0 Å². The number of aliphatic carboxylic acids is 1. The molecule has 0 aliphatic rings. The molecule has 0 saturated heterocycles. The molecule has 0 aliphatic heterocycles. The first-order chi connectivity index (χ1) is 9.99. The molecule has 1 aromatic heterocycles. The van der Waals surface area contributed by atoms with Crippen LogP contribution in [0, 0.1) is 0 Å². The predicted molar refractivity (Wildman–Crippen MR) is 77.1 cm³/mol. The van der Waals surface area contributed by atoms with Gasteiger partial charge >= 0.3 is 5.97 Å². The lowest BCUT2D eigenvalue weighted by Gasteiger charge is -2.18. The van der Waals surface area contributed by atoms with Gasteiger partial charge in [-0.05, 0) is 17.7 Å². The average Bonchev–Trinajstić information content (AvgIpc) is 2.84. The molecule has 6 nitrogen and oxygen atoms in total. The van der Waals surface area contributed by atoms with Gasteiger partial charge in [0.25, 0.3) is 5.91 Å². The summed E-state index contributed by atoms with van der Waals surface area (Å²) in [6, 6.07) is 7.68. The number of nitrogens with zero attached hydrogens (tertiary/aromatic N) is 2. The molecule has 0 bridgehead atoms. The molecule has 1 aromatic carbocycles. The topological polar surface area (TPSA) is 84.2 Å². The fourth-order valence-electron chi connectivity index (χ4n) is 2.00. The van der Waals surface area contributed by atoms with E-state index >= 15 is 0 Å². The van der Waals surface area contributed by atoms with Crippen LogP contribution in [-0.4, -0.2) is 26.8 Å². The average molecular weight is 308 g/mol. The third-order valence-electron chi connectivity index (χ3n) is 3.02. The number of halogens is 1. The van der Waals surface area contributed by atoms with Gasteiger partial charge in [0.1, 0.15) is 5.69 Å². The van der Waals surface area contributed by atoms with Crippen molar-refractivity contribution in [3.63, 3.8) is 0 Å². The Morgan fingerprint density at radius 2 is 2.10 bits per heavy atom. The zero-order valence-electron chi connectivity index (χ0n) is 11.3. The molecule has 1 amide bonds. The highest BCUT2D eigenvalue weighted by atomic mass is 35.5.